The molecule has 0 fully saturated rings. The summed E-state index contributed by atoms with van der Waals surface area (Å²) in [6.45, 7) is 0. The molecule has 104 valence electrons. The summed E-state index contributed by atoms with van der Waals surface area (Å²) >= 11 is 0. The molecule has 0 spiro atoms. The molecule has 0 N–H and O–H groups in total. The summed E-state index contributed by atoms with van der Waals surface area (Å²) in [5.41, 5.74) is 0. The molecule has 0 amide bonds. The Labute approximate surface area is 113 Å². The first-order valence-corrected chi connectivity index (χ1v) is 7.62. The number of carbonyl (C=O) groups excluding carboxylic acids is 2. The van der Waals surface area contributed by atoms with E-state index < -0.39 is 0 Å². The summed E-state index contributed by atoms with van der Waals surface area (Å²) in [5, 5.41) is 0. The predicted molar refractivity (Wildman–Crippen MR) is 76.0 cm³/mol. The van der Waals surface area contributed by atoms with Crippen LogP contribution >= 0.6 is 0 Å². The van der Waals surface area contributed by atoms with Crippen LogP contribution < -0.4 is 0 Å². The van der Waals surface area contributed by atoms with Crippen LogP contribution in [0.1, 0.15) is 89.9 Å². The molecule has 0 saturated carbocycles. The van der Waals surface area contributed by atoms with E-state index in [1.807, 2.05) is 12.6 Å². The van der Waals surface area contributed by atoms with Crippen molar-refractivity contribution in [3.63, 3.8) is 0 Å². The fraction of sp³-hybridized carbons (Fsp3) is 0.875. The molecule has 0 aliphatic rings. The Hall–Kier alpha value is -0.660. The van der Waals surface area contributed by atoms with E-state index in [-0.39, 0.29) is 0 Å². The van der Waals surface area contributed by atoms with Crippen molar-refractivity contribution in [1.82, 2.24) is 0 Å². The van der Waals surface area contributed by atoms with Gasteiger partial charge in [-0.3, -0.25) is 9.59 Å². The minimum absolute atomic E-state index is 0.613. The van der Waals surface area contributed by atoms with Crippen molar-refractivity contribution in [3.8, 4) is 0 Å². The first kappa shape index (κ1) is 17.3. The fourth-order valence-corrected chi connectivity index (χ4v) is 2.16. The van der Waals surface area contributed by atoms with Gasteiger partial charge in [-0.25, -0.2) is 0 Å². The molecule has 0 unspecified atom stereocenters. The third-order valence-corrected chi connectivity index (χ3v) is 3.31. The topological polar surface area (TPSA) is 34.1 Å². The average molecular weight is 252 g/mol. The van der Waals surface area contributed by atoms with E-state index in [2.05, 4.69) is 0 Å². The molecular formula is C16H28O2. The Morgan fingerprint density at radius 1 is 0.389 bits per heavy atom. The molecule has 0 aliphatic carbocycles. The molecule has 0 aromatic carbocycles. The quantitative estimate of drug-likeness (QED) is 0.397. The highest BCUT2D eigenvalue weighted by Crippen LogP contribution is 2.12. The maximum Gasteiger partial charge on any atom is 0.198 e. The van der Waals surface area contributed by atoms with Gasteiger partial charge in [0.25, 0.3) is 0 Å². The van der Waals surface area contributed by atoms with E-state index in [0.29, 0.717) is 12.8 Å². The number of hydrogen-bond acceptors (Lipinski definition) is 2. The molecule has 0 bridgehead atoms. The molecule has 2 heteroatoms. The molecular weight excluding hydrogens is 224 g/mol. The monoisotopic (exact) mass is 252 g/mol. The summed E-state index contributed by atoms with van der Waals surface area (Å²) in [6.07, 6.45) is 20.0. The highest BCUT2D eigenvalue weighted by molar-refractivity contribution is 5.50. The van der Waals surface area contributed by atoms with Crippen molar-refractivity contribution in [2.45, 2.75) is 89.9 Å². The number of rotatable bonds is 15. The lowest BCUT2D eigenvalue weighted by molar-refractivity contribution is 0.527. The second-order valence-electron chi connectivity index (χ2n) is 5.03. The van der Waals surface area contributed by atoms with Crippen molar-refractivity contribution >= 4 is 12.6 Å². The van der Waals surface area contributed by atoms with E-state index in [4.69, 9.17) is 0 Å². The van der Waals surface area contributed by atoms with E-state index in [9.17, 15) is 9.59 Å². The average Bonchev–Trinajstić information content (AvgIpc) is 2.39. The summed E-state index contributed by atoms with van der Waals surface area (Å²) in [7, 11) is 0. The molecule has 0 aromatic heterocycles. The van der Waals surface area contributed by atoms with Gasteiger partial charge in [-0.2, -0.15) is 0 Å². The van der Waals surface area contributed by atoms with Crippen LogP contribution in [0.2, 0.25) is 0 Å². The van der Waals surface area contributed by atoms with Gasteiger partial charge in [0.2, 0.25) is 0 Å². The maximum atomic E-state index is 9.98. The maximum absolute atomic E-state index is 9.98. The Bertz CT molecular complexity index is 158. The second-order valence-corrected chi connectivity index (χ2v) is 5.03. The smallest absolute Gasteiger partial charge is 0.198 e. The first-order valence-electron chi connectivity index (χ1n) is 7.62. The molecule has 0 saturated heterocycles. The van der Waals surface area contributed by atoms with Crippen LogP contribution in [0, 0.1) is 0 Å². The van der Waals surface area contributed by atoms with Gasteiger partial charge in [-0.1, -0.05) is 64.2 Å². The summed E-state index contributed by atoms with van der Waals surface area (Å²) < 4.78 is 0. The lowest BCUT2D eigenvalue weighted by Gasteiger charge is -2.02. The Morgan fingerprint density at radius 3 is 0.833 bits per heavy atom. The van der Waals surface area contributed by atoms with Crippen LogP contribution in [0.15, 0.2) is 0 Å². The zero-order chi connectivity index (χ0) is 13.3. The largest absolute Gasteiger partial charge is 0.291 e. The highest BCUT2D eigenvalue weighted by atomic mass is 16.1. The van der Waals surface area contributed by atoms with Crippen LogP contribution in [0.5, 0.6) is 0 Å². The molecule has 0 atom stereocenters. The van der Waals surface area contributed by atoms with Gasteiger partial charge in [0.15, 0.2) is 12.6 Å². The molecule has 0 rings (SSSR count). The summed E-state index contributed by atoms with van der Waals surface area (Å²) in [4.78, 5) is 20.0. The van der Waals surface area contributed by atoms with Crippen LogP contribution in [0.25, 0.3) is 0 Å². The fourth-order valence-electron chi connectivity index (χ4n) is 2.16. The zero-order valence-electron chi connectivity index (χ0n) is 11.7. The van der Waals surface area contributed by atoms with Gasteiger partial charge in [0.05, 0.1) is 0 Å². The standard InChI is InChI=1S/C16H28O2/c17-15-13-11-9-7-5-3-1-2-4-6-8-10-12-14-16-18/h1-14H2. The lowest BCUT2D eigenvalue weighted by atomic mass is 10.0. The summed E-state index contributed by atoms with van der Waals surface area (Å²) in [5.74, 6) is 0. The highest BCUT2D eigenvalue weighted by Gasteiger charge is 1.94. The van der Waals surface area contributed by atoms with Gasteiger partial charge in [-0.05, 0) is 12.8 Å². The Morgan fingerprint density at radius 2 is 0.611 bits per heavy atom. The van der Waals surface area contributed by atoms with Gasteiger partial charge >= 0.3 is 0 Å². The van der Waals surface area contributed by atoms with Gasteiger partial charge in [-0.15, -0.1) is 0 Å². The summed E-state index contributed by atoms with van der Waals surface area (Å²) in [6, 6.07) is 0. The third kappa shape index (κ3) is 15.3. The Balaban J connectivity index is 2.90. The molecule has 0 aromatic rings. The zero-order valence-corrected chi connectivity index (χ0v) is 11.7. The molecule has 2 nitrogen and oxygen atoms in total. The van der Waals surface area contributed by atoms with Crippen LogP contribution in [-0.4, -0.2) is 12.6 Å². The van der Waals surface area contributed by atoms with Crippen molar-refractivity contribution < 1.29 is 9.59 Å². The van der Waals surface area contributed by atoms with Crippen LogP contribution in [-0.2, 0) is 9.59 Å². The normalized spacial score (nSPS) is 10.4. The van der Waals surface area contributed by atoms with E-state index in [1.54, 1.807) is 0 Å². The van der Waals surface area contributed by atoms with Crippen LogP contribution in [0.4, 0.5) is 0 Å². The minimum atomic E-state index is 0.613. The Kier molecular flexibility index (Phi) is 15.7. The van der Waals surface area contributed by atoms with Gasteiger partial charge in [0, 0.05) is 12.8 Å². The number of hydrogen-bond donors (Lipinski definition) is 0. The van der Waals surface area contributed by atoms with Gasteiger partial charge in [0.1, 0.15) is 0 Å². The molecule has 2 radical (unpaired) electrons. The van der Waals surface area contributed by atoms with Crippen molar-refractivity contribution in [1.29, 1.82) is 0 Å². The van der Waals surface area contributed by atoms with E-state index in [1.165, 1.54) is 64.2 Å². The van der Waals surface area contributed by atoms with Crippen molar-refractivity contribution in [2.24, 2.45) is 0 Å². The lowest BCUT2D eigenvalue weighted by Crippen LogP contribution is -1.83. The van der Waals surface area contributed by atoms with E-state index >= 15 is 0 Å². The number of unbranched alkanes of at least 4 members (excludes halogenated alkanes) is 13. The molecule has 0 aliphatic heterocycles. The first-order chi connectivity index (χ1) is 8.91. The third-order valence-electron chi connectivity index (χ3n) is 3.31. The van der Waals surface area contributed by atoms with Gasteiger partial charge < -0.3 is 0 Å². The van der Waals surface area contributed by atoms with Crippen LogP contribution in [0.3, 0.4) is 0 Å². The van der Waals surface area contributed by atoms with E-state index in [0.717, 1.165) is 12.8 Å². The molecule has 0 heterocycles. The predicted octanol–water partition coefficient (Wildman–Crippen LogP) is 4.67. The SMILES string of the molecule is O=[C]CCCCCCCCCCCCCC[C]=O. The minimum Gasteiger partial charge on any atom is -0.291 e. The molecule has 18 heavy (non-hydrogen) atoms. The second kappa shape index (κ2) is 16.3. The van der Waals surface area contributed by atoms with Crippen molar-refractivity contribution in [2.75, 3.05) is 0 Å². The van der Waals surface area contributed by atoms with Crippen molar-refractivity contribution in [3.05, 3.63) is 0 Å².